The maximum atomic E-state index is 8.88. The van der Waals surface area contributed by atoms with E-state index in [1.165, 1.54) is 0 Å². The molecule has 3 heterocycles. The SMILES string of the molecule is O=P(O)(O)O.c1ccc2nc(-c3c[nH]c4ccccc34)c(-c3c[nH]c4ccccc34)nc2c1. The first-order valence-corrected chi connectivity index (χ1v) is 11.6. The minimum Gasteiger partial charge on any atom is -0.360 e. The quantitative estimate of drug-likeness (QED) is 0.232. The summed E-state index contributed by atoms with van der Waals surface area (Å²) >= 11 is 0. The van der Waals surface area contributed by atoms with E-state index in [2.05, 4.69) is 46.4 Å². The lowest BCUT2D eigenvalue weighted by molar-refractivity contribution is 0.275. The van der Waals surface area contributed by atoms with Crippen molar-refractivity contribution in [3.05, 3.63) is 85.2 Å². The third-order valence-corrected chi connectivity index (χ3v) is 5.26. The number of nitrogens with zero attached hydrogens (tertiary/aromatic N) is 2. The Kier molecular flexibility index (Phi) is 5.28. The van der Waals surface area contributed by atoms with Gasteiger partial charge in [0.2, 0.25) is 0 Å². The highest BCUT2D eigenvalue weighted by Crippen LogP contribution is 2.37. The zero-order valence-electron chi connectivity index (χ0n) is 17.2. The second-order valence-electron chi connectivity index (χ2n) is 7.42. The second kappa shape index (κ2) is 8.27. The van der Waals surface area contributed by atoms with Crippen LogP contribution in [0.1, 0.15) is 0 Å². The molecule has 0 fully saturated rings. The number of aromatic nitrogens is 4. The molecule has 0 spiro atoms. The zero-order chi connectivity index (χ0) is 23.0. The first-order valence-electron chi connectivity index (χ1n) is 10.1. The fourth-order valence-electron chi connectivity index (χ4n) is 3.91. The van der Waals surface area contributed by atoms with Gasteiger partial charge in [0.15, 0.2) is 0 Å². The van der Waals surface area contributed by atoms with Gasteiger partial charge in [0, 0.05) is 45.3 Å². The summed E-state index contributed by atoms with van der Waals surface area (Å²) in [7, 11) is -4.64. The predicted octanol–water partition coefficient (Wildman–Crippen LogP) is 5.00. The van der Waals surface area contributed by atoms with Crippen molar-refractivity contribution in [3.8, 4) is 22.5 Å². The van der Waals surface area contributed by atoms with Crippen molar-refractivity contribution >= 4 is 40.7 Å². The van der Waals surface area contributed by atoms with Crippen molar-refractivity contribution in [2.24, 2.45) is 0 Å². The van der Waals surface area contributed by atoms with E-state index in [4.69, 9.17) is 29.2 Å². The highest BCUT2D eigenvalue weighted by Gasteiger charge is 2.18. The molecule has 8 nitrogen and oxygen atoms in total. The van der Waals surface area contributed by atoms with Crippen LogP contribution in [0.25, 0.3) is 55.4 Å². The molecule has 33 heavy (non-hydrogen) atoms. The molecule has 3 aromatic heterocycles. The predicted molar refractivity (Wildman–Crippen MR) is 128 cm³/mol. The Balaban J connectivity index is 0.000000416. The number of rotatable bonds is 2. The lowest BCUT2D eigenvalue weighted by atomic mass is 10.0. The molecule has 6 aromatic rings. The van der Waals surface area contributed by atoms with Gasteiger partial charge < -0.3 is 24.6 Å². The van der Waals surface area contributed by atoms with Gasteiger partial charge in [-0.15, -0.1) is 0 Å². The summed E-state index contributed by atoms with van der Waals surface area (Å²) in [6.45, 7) is 0. The molecule has 3 aromatic carbocycles. The monoisotopic (exact) mass is 458 g/mol. The number of benzene rings is 3. The zero-order valence-corrected chi connectivity index (χ0v) is 18.1. The van der Waals surface area contributed by atoms with E-state index in [-0.39, 0.29) is 0 Å². The molecule has 0 bridgehead atoms. The molecule has 5 N–H and O–H groups in total. The van der Waals surface area contributed by atoms with Crippen LogP contribution in [0.15, 0.2) is 85.2 Å². The summed E-state index contributed by atoms with van der Waals surface area (Å²) in [4.78, 5) is 38.4. The fraction of sp³-hybridized carbons (Fsp3) is 0. The van der Waals surface area contributed by atoms with Crippen molar-refractivity contribution < 1.29 is 19.2 Å². The smallest absolute Gasteiger partial charge is 0.360 e. The van der Waals surface area contributed by atoms with Gasteiger partial charge in [0.1, 0.15) is 0 Å². The van der Waals surface area contributed by atoms with Crippen LogP contribution in [0.4, 0.5) is 0 Å². The average Bonchev–Trinajstić information content (AvgIpc) is 3.41. The molecule has 0 unspecified atom stereocenters. The standard InChI is InChI=1S/C24H16N4.H3O4P/c1-3-9-19-15(7-1)17(13-25-19)23-24(28-22-12-6-5-11-21(22)27-23)18-14-26-20-10-4-2-8-16(18)20;1-5(2,3)4/h1-14,25-26H;(H3,1,2,3,4). The molecular formula is C24H19N4O4P. The summed E-state index contributed by atoms with van der Waals surface area (Å²) < 4.78 is 8.88. The van der Waals surface area contributed by atoms with Crippen LogP contribution < -0.4 is 0 Å². The van der Waals surface area contributed by atoms with Gasteiger partial charge in [-0.3, -0.25) is 0 Å². The molecule has 6 rings (SSSR count). The van der Waals surface area contributed by atoms with E-state index in [1.54, 1.807) is 0 Å². The average molecular weight is 458 g/mol. The lowest BCUT2D eigenvalue weighted by Crippen LogP contribution is -1.94. The summed E-state index contributed by atoms with van der Waals surface area (Å²) in [6, 6.07) is 24.6. The van der Waals surface area contributed by atoms with Gasteiger partial charge >= 0.3 is 7.82 Å². The topological polar surface area (TPSA) is 135 Å². The number of aromatic amines is 2. The van der Waals surface area contributed by atoms with Crippen molar-refractivity contribution in [2.45, 2.75) is 0 Å². The molecule has 0 saturated heterocycles. The molecule has 0 aliphatic rings. The van der Waals surface area contributed by atoms with Crippen LogP contribution in [-0.4, -0.2) is 34.6 Å². The van der Waals surface area contributed by atoms with Crippen LogP contribution in [-0.2, 0) is 4.57 Å². The van der Waals surface area contributed by atoms with Crippen LogP contribution in [0, 0.1) is 0 Å². The van der Waals surface area contributed by atoms with E-state index < -0.39 is 7.82 Å². The maximum Gasteiger partial charge on any atom is 0.466 e. The number of H-pyrrole nitrogens is 2. The summed E-state index contributed by atoms with van der Waals surface area (Å²) in [6.07, 6.45) is 4.06. The van der Waals surface area contributed by atoms with E-state index in [0.717, 1.165) is 55.4 Å². The van der Waals surface area contributed by atoms with Gasteiger partial charge in [-0.1, -0.05) is 48.5 Å². The number of hydrogen-bond acceptors (Lipinski definition) is 3. The normalized spacial score (nSPS) is 11.6. The van der Waals surface area contributed by atoms with E-state index in [1.807, 2.05) is 48.8 Å². The van der Waals surface area contributed by atoms with Crippen molar-refractivity contribution in [3.63, 3.8) is 0 Å². The molecule has 0 amide bonds. The third-order valence-electron chi connectivity index (χ3n) is 5.26. The number of phosphoric acid groups is 1. The van der Waals surface area contributed by atoms with Gasteiger partial charge in [-0.2, -0.15) is 0 Å². The van der Waals surface area contributed by atoms with Gasteiger partial charge in [0.25, 0.3) is 0 Å². The Morgan fingerprint density at radius 1 is 0.606 bits per heavy atom. The minimum absolute atomic E-state index is 0.890. The van der Waals surface area contributed by atoms with E-state index >= 15 is 0 Å². The number of hydrogen-bond donors (Lipinski definition) is 5. The van der Waals surface area contributed by atoms with Crippen LogP contribution in [0.5, 0.6) is 0 Å². The Morgan fingerprint density at radius 3 is 1.39 bits per heavy atom. The highest BCUT2D eigenvalue weighted by atomic mass is 31.2. The molecule has 0 radical (unpaired) electrons. The number of fused-ring (bicyclic) bond motifs is 3. The van der Waals surface area contributed by atoms with E-state index in [9.17, 15) is 0 Å². The fourth-order valence-corrected chi connectivity index (χ4v) is 3.91. The van der Waals surface area contributed by atoms with Crippen LogP contribution in [0.2, 0.25) is 0 Å². The molecule has 0 atom stereocenters. The van der Waals surface area contributed by atoms with Crippen molar-refractivity contribution in [2.75, 3.05) is 0 Å². The van der Waals surface area contributed by atoms with Crippen molar-refractivity contribution in [1.29, 1.82) is 0 Å². The van der Waals surface area contributed by atoms with Gasteiger partial charge in [-0.05, 0) is 24.3 Å². The molecule has 0 saturated carbocycles. The second-order valence-corrected chi connectivity index (χ2v) is 8.45. The summed E-state index contributed by atoms with van der Waals surface area (Å²) in [5, 5.41) is 2.29. The Labute approximate surface area is 187 Å². The summed E-state index contributed by atoms with van der Waals surface area (Å²) in [5.74, 6) is 0. The molecule has 164 valence electrons. The Morgan fingerprint density at radius 2 is 0.970 bits per heavy atom. The van der Waals surface area contributed by atoms with Crippen molar-refractivity contribution in [1.82, 2.24) is 19.9 Å². The number of nitrogens with one attached hydrogen (secondary N) is 2. The summed E-state index contributed by atoms with van der Waals surface area (Å²) in [5.41, 5.74) is 7.89. The van der Waals surface area contributed by atoms with E-state index in [0.29, 0.717) is 0 Å². The third kappa shape index (κ3) is 4.28. The van der Waals surface area contributed by atoms with Crippen LogP contribution in [0.3, 0.4) is 0 Å². The lowest BCUT2D eigenvalue weighted by Gasteiger charge is -2.09. The molecule has 0 aliphatic carbocycles. The first-order chi connectivity index (χ1) is 15.9. The molecule has 0 aliphatic heterocycles. The van der Waals surface area contributed by atoms with Crippen LogP contribution >= 0.6 is 7.82 Å². The largest absolute Gasteiger partial charge is 0.466 e. The first kappa shape index (κ1) is 21.1. The Bertz CT molecular complexity index is 1530. The van der Waals surface area contributed by atoms with Gasteiger partial charge in [0.05, 0.1) is 22.4 Å². The Hall–Kier alpha value is -3.81. The van der Waals surface area contributed by atoms with Gasteiger partial charge in [-0.25, -0.2) is 14.5 Å². The number of para-hydroxylation sites is 4. The maximum absolute atomic E-state index is 8.88. The highest BCUT2D eigenvalue weighted by molar-refractivity contribution is 7.45. The molecule has 9 heteroatoms. The minimum atomic E-state index is -4.64. The molecular weight excluding hydrogens is 439 g/mol.